The van der Waals surface area contributed by atoms with Crippen LogP contribution in [-0.2, 0) is 11.7 Å². The SMILES string of the molecule is CCC(C)(Pc1ccccc1CNC)c1cccc(OC)c1O. The van der Waals surface area contributed by atoms with E-state index in [4.69, 9.17) is 4.74 Å². The minimum absolute atomic E-state index is 0.123. The molecule has 0 aromatic heterocycles. The number of phenolic OH excluding ortho intramolecular Hbond substituents is 1. The van der Waals surface area contributed by atoms with Gasteiger partial charge in [-0.2, -0.15) is 0 Å². The molecule has 0 heterocycles. The predicted octanol–water partition coefficient (Wildman–Crippen LogP) is 3.75. The summed E-state index contributed by atoms with van der Waals surface area (Å²) >= 11 is 0. The number of aromatic hydroxyl groups is 1. The van der Waals surface area contributed by atoms with Gasteiger partial charge >= 0.3 is 0 Å². The van der Waals surface area contributed by atoms with Crippen molar-refractivity contribution in [1.29, 1.82) is 0 Å². The smallest absolute Gasteiger partial charge is 0.161 e. The Kier molecular flexibility index (Phi) is 6.04. The van der Waals surface area contributed by atoms with Crippen molar-refractivity contribution in [2.24, 2.45) is 0 Å². The van der Waals surface area contributed by atoms with Crippen LogP contribution in [0.15, 0.2) is 42.5 Å². The first-order valence-electron chi connectivity index (χ1n) is 7.93. The van der Waals surface area contributed by atoms with E-state index in [1.54, 1.807) is 13.2 Å². The zero-order valence-corrected chi connectivity index (χ0v) is 15.3. The highest BCUT2D eigenvalue weighted by Crippen LogP contribution is 2.49. The van der Waals surface area contributed by atoms with Crippen LogP contribution in [-0.4, -0.2) is 19.3 Å². The third-order valence-electron chi connectivity index (χ3n) is 4.32. The average Bonchev–Trinajstić information content (AvgIpc) is 2.57. The molecule has 3 nitrogen and oxygen atoms in total. The van der Waals surface area contributed by atoms with E-state index in [-0.39, 0.29) is 10.9 Å². The van der Waals surface area contributed by atoms with Gasteiger partial charge in [-0.1, -0.05) is 58.8 Å². The summed E-state index contributed by atoms with van der Waals surface area (Å²) in [4.78, 5) is 0. The summed E-state index contributed by atoms with van der Waals surface area (Å²) in [6.07, 6.45) is 0.945. The van der Waals surface area contributed by atoms with Crippen molar-refractivity contribution in [3.63, 3.8) is 0 Å². The molecule has 0 aliphatic heterocycles. The summed E-state index contributed by atoms with van der Waals surface area (Å²) in [5.74, 6) is 0.799. The van der Waals surface area contributed by atoms with Gasteiger partial charge in [0.05, 0.1) is 7.11 Å². The molecule has 0 aliphatic rings. The highest BCUT2D eigenvalue weighted by molar-refractivity contribution is 7.48. The lowest BCUT2D eigenvalue weighted by molar-refractivity contribution is 0.367. The standard InChI is InChI=1S/C19H26NO2P/c1-5-19(2,15-10-8-11-16(22-4)18(15)21)23-17-12-7-6-9-14(17)13-20-3/h6-12,20-21,23H,5,13H2,1-4H3. The van der Waals surface area contributed by atoms with Crippen LogP contribution < -0.4 is 15.4 Å². The second-order valence-electron chi connectivity index (χ2n) is 5.85. The molecule has 2 N–H and O–H groups in total. The first-order chi connectivity index (χ1) is 11.1. The fourth-order valence-electron chi connectivity index (χ4n) is 2.76. The van der Waals surface area contributed by atoms with Crippen molar-refractivity contribution in [1.82, 2.24) is 5.32 Å². The molecule has 0 fully saturated rings. The number of rotatable bonds is 7. The van der Waals surface area contributed by atoms with E-state index in [9.17, 15) is 5.11 Å². The lowest BCUT2D eigenvalue weighted by Crippen LogP contribution is -2.21. The molecule has 0 saturated carbocycles. The summed E-state index contributed by atoms with van der Waals surface area (Å²) in [5, 5.41) is 15.0. The van der Waals surface area contributed by atoms with Crippen LogP contribution >= 0.6 is 8.58 Å². The fraction of sp³-hybridized carbons (Fsp3) is 0.368. The number of hydrogen-bond donors (Lipinski definition) is 2. The van der Waals surface area contributed by atoms with Gasteiger partial charge in [0.2, 0.25) is 0 Å². The van der Waals surface area contributed by atoms with Gasteiger partial charge in [-0.3, -0.25) is 0 Å². The van der Waals surface area contributed by atoms with Crippen LogP contribution in [0, 0.1) is 0 Å². The molecule has 4 heteroatoms. The molecule has 2 aromatic rings. The number of hydrogen-bond acceptors (Lipinski definition) is 3. The molecular formula is C19H26NO2P. The van der Waals surface area contributed by atoms with Gasteiger partial charge in [0.15, 0.2) is 11.5 Å². The molecular weight excluding hydrogens is 305 g/mol. The number of benzene rings is 2. The zero-order chi connectivity index (χ0) is 16.9. The van der Waals surface area contributed by atoms with E-state index >= 15 is 0 Å². The normalized spacial score (nSPS) is 14.1. The lowest BCUT2D eigenvalue weighted by atomic mass is 9.96. The maximum absolute atomic E-state index is 10.6. The summed E-state index contributed by atoms with van der Waals surface area (Å²) in [6, 6.07) is 14.3. The Morgan fingerprint density at radius 2 is 1.91 bits per heavy atom. The van der Waals surface area contributed by atoms with Gasteiger partial charge in [-0.15, -0.1) is 0 Å². The fourth-order valence-corrected chi connectivity index (χ4v) is 4.38. The van der Waals surface area contributed by atoms with Gasteiger partial charge < -0.3 is 15.2 Å². The number of ether oxygens (including phenoxy) is 1. The maximum atomic E-state index is 10.6. The monoisotopic (exact) mass is 331 g/mol. The minimum Gasteiger partial charge on any atom is -0.504 e. The summed E-state index contributed by atoms with van der Waals surface area (Å²) < 4.78 is 5.28. The number of methoxy groups -OCH3 is 1. The molecule has 0 aliphatic carbocycles. The topological polar surface area (TPSA) is 41.5 Å². The Balaban J connectivity index is 2.42. The lowest BCUT2D eigenvalue weighted by Gasteiger charge is -2.31. The average molecular weight is 331 g/mol. The van der Waals surface area contributed by atoms with Gasteiger partial charge in [-0.05, 0) is 30.4 Å². The molecule has 0 spiro atoms. The second kappa shape index (κ2) is 7.81. The maximum Gasteiger partial charge on any atom is 0.161 e. The quantitative estimate of drug-likeness (QED) is 0.759. The molecule has 23 heavy (non-hydrogen) atoms. The Labute approximate surface area is 140 Å². The van der Waals surface area contributed by atoms with E-state index < -0.39 is 0 Å². The van der Waals surface area contributed by atoms with Gasteiger partial charge in [-0.25, -0.2) is 0 Å². The van der Waals surface area contributed by atoms with Crippen LogP contribution in [0.5, 0.6) is 11.5 Å². The Hall–Kier alpha value is -1.57. The van der Waals surface area contributed by atoms with E-state index in [1.807, 2.05) is 19.2 Å². The third-order valence-corrected chi connectivity index (χ3v) is 6.25. The molecule has 124 valence electrons. The van der Waals surface area contributed by atoms with Crippen molar-refractivity contribution in [2.75, 3.05) is 14.2 Å². The van der Waals surface area contributed by atoms with Crippen molar-refractivity contribution < 1.29 is 9.84 Å². The van der Waals surface area contributed by atoms with Gasteiger partial charge in [0, 0.05) is 17.3 Å². The molecule has 0 amide bonds. The van der Waals surface area contributed by atoms with E-state index in [0.717, 1.165) is 18.5 Å². The van der Waals surface area contributed by atoms with E-state index in [1.165, 1.54) is 10.9 Å². The highest BCUT2D eigenvalue weighted by atomic mass is 31.1. The van der Waals surface area contributed by atoms with E-state index in [2.05, 4.69) is 43.4 Å². The third kappa shape index (κ3) is 3.85. The van der Waals surface area contributed by atoms with Crippen molar-refractivity contribution in [3.8, 4) is 11.5 Å². The number of phenols is 1. The molecule has 2 unspecified atom stereocenters. The molecule has 2 atom stereocenters. The first kappa shape index (κ1) is 17.8. The summed E-state index contributed by atoms with van der Waals surface area (Å²) in [7, 11) is 4.13. The predicted molar refractivity (Wildman–Crippen MR) is 99.5 cm³/mol. The Morgan fingerprint density at radius 1 is 1.17 bits per heavy atom. The van der Waals surface area contributed by atoms with E-state index in [0.29, 0.717) is 14.3 Å². The Morgan fingerprint density at radius 3 is 2.57 bits per heavy atom. The van der Waals surface area contributed by atoms with Crippen molar-refractivity contribution >= 4 is 13.9 Å². The minimum atomic E-state index is -0.123. The summed E-state index contributed by atoms with van der Waals surface area (Å²) in [6.45, 7) is 5.25. The molecule has 0 radical (unpaired) electrons. The molecule has 2 rings (SSSR count). The van der Waals surface area contributed by atoms with Gasteiger partial charge in [0.25, 0.3) is 0 Å². The summed E-state index contributed by atoms with van der Waals surface area (Å²) in [5.41, 5.74) is 2.27. The number of nitrogens with one attached hydrogen (secondary N) is 1. The van der Waals surface area contributed by atoms with Crippen LogP contribution in [0.2, 0.25) is 0 Å². The zero-order valence-electron chi connectivity index (χ0n) is 14.3. The molecule has 0 saturated heterocycles. The van der Waals surface area contributed by atoms with Crippen LogP contribution in [0.25, 0.3) is 0 Å². The second-order valence-corrected chi connectivity index (χ2v) is 7.75. The molecule has 2 aromatic carbocycles. The van der Waals surface area contributed by atoms with Crippen molar-refractivity contribution in [3.05, 3.63) is 53.6 Å². The van der Waals surface area contributed by atoms with Crippen LogP contribution in [0.3, 0.4) is 0 Å². The van der Waals surface area contributed by atoms with Crippen LogP contribution in [0.1, 0.15) is 31.4 Å². The molecule has 0 bridgehead atoms. The Bertz CT molecular complexity index is 660. The first-order valence-corrected chi connectivity index (χ1v) is 8.93. The van der Waals surface area contributed by atoms with Gasteiger partial charge in [0.1, 0.15) is 0 Å². The largest absolute Gasteiger partial charge is 0.504 e. The highest BCUT2D eigenvalue weighted by Gasteiger charge is 2.30. The van der Waals surface area contributed by atoms with Crippen molar-refractivity contribution in [2.45, 2.75) is 32.0 Å². The number of para-hydroxylation sites is 1. The van der Waals surface area contributed by atoms with Crippen LogP contribution in [0.4, 0.5) is 0 Å².